The second-order valence-electron chi connectivity index (χ2n) is 6.00. The van der Waals surface area contributed by atoms with E-state index in [-0.39, 0.29) is 30.4 Å². The van der Waals surface area contributed by atoms with Crippen LogP contribution in [-0.4, -0.2) is 10.9 Å². The molecule has 1 aromatic carbocycles. The number of nitrogens with one attached hydrogen (secondary N) is 2. The molecule has 0 unspecified atom stereocenters. The molecule has 3 rings (SSSR count). The third-order valence-electron chi connectivity index (χ3n) is 4.01. The summed E-state index contributed by atoms with van der Waals surface area (Å²) >= 11 is 0. The second kappa shape index (κ2) is 7.74. The Balaban J connectivity index is 1.66. The maximum Gasteiger partial charge on any atom is 0.287 e. The summed E-state index contributed by atoms with van der Waals surface area (Å²) in [5, 5.41) is 2.73. The number of amides is 1. The van der Waals surface area contributed by atoms with Crippen LogP contribution in [0.5, 0.6) is 5.75 Å². The molecule has 2 N–H and O–H groups in total. The molecule has 6 nitrogen and oxygen atoms in total. The fourth-order valence-corrected chi connectivity index (χ4v) is 2.68. The van der Waals surface area contributed by atoms with Crippen molar-refractivity contribution in [2.75, 3.05) is 0 Å². The molecule has 2 aromatic heterocycles. The van der Waals surface area contributed by atoms with Gasteiger partial charge in [-0.2, -0.15) is 0 Å². The highest BCUT2D eigenvalue weighted by atomic mass is 16.5. The van der Waals surface area contributed by atoms with E-state index in [1.807, 2.05) is 50.2 Å². The molecule has 1 amide bonds. The predicted molar refractivity (Wildman–Crippen MR) is 97.2 cm³/mol. The molecule has 3 aromatic rings. The first-order valence-electron chi connectivity index (χ1n) is 8.26. The van der Waals surface area contributed by atoms with Crippen LogP contribution in [0.25, 0.3) is 0 Å². The number of aryl methyl sites for hydroxylation is 2. The minimum Gasteiger partial charge on any atom is -0.489 e. The second-order valence-corrected chi connectivity index (χ2v) is 6.00. The van der Waals surface area contributed by atoms with Crippen LogP contribution in [-0.2, 0) is 13.2 Å². The summed E-state index contributed by atoms with van der Waals surface area (Å²) in [5.74, 6) is 0.505. The first-order valence-corrected chi connectivity index (χ1v) is 8.26. The molecule has 0 bridgehead atoms. The number of carbonyl (C=O) groups excluding carboxylic acids is 1. The Morgan fingerprint density at radius 3 is 2.69 bits per heavy atom. The van der Waals surface area contributed by atoms with Crippen molar-refractivity contribution < 1.29 is 13.9 Å². The highest BCUT2D eigenvalue weighted by Gasteiger charge is 2.17. The van der Waals surface area contributed by atoms with Crippen molar-refractivity contribution in [2.45, 2.75) is 27.0 Å². The van der Waals surface area contributed by atoms with Crippen LogP contribution in [0, 0.1) is 13.8 Å². The van der Waals surface area contributed by atoms with Crippen LogP contribution in [0.15, 0.2) is 57.9 Å². The maximum atomic E-state index is 12.4. The molecular formula is C20H20N2O4. The van der Waals surface area contributed by atoms with Gasteiger partial charge in [0.2, 0.25) is 0 Å². The van der Waals surface area contributed by atoms with E-state index in [1.54, 1.807) is 6.07 Å². The fourth-order valence-electron chi connectivity index (χ4n) is 2.68. The number of ether oxygens (including phenoxy) is 1. The van der Waals surface area contributed by atoms with Gasteiger partial charge < -0.3 is 19.5 Å². The van der Waals surface area contributed by atoms with Crippen molar-refractivity contribution in [3.8, 4) is 5.75 Å². The molecule has 6 heteroatoms. The van der Waals surface area contributed by atoms with Crippen LogP contribution < -0.4 is 15.6 Å². The van der Waals surface area contributed by atoms with Crippen molar-refractivity contribution >= 4 is 5.91 Å². The van der Waals surface area contributed by atoms with Crippen LogP contribution >= 0.6 is 0 Å². The third-order valence-corrected chi connectivity index (χ3v) is 4.01. The maximum absolute atomic E-state index is 12.4. The predicted octanol–water partition coefficient (Wildman–Crippen LogP) is 3.09. The lowest BCUT2D eigenvalue weighted by atomic mass is 10.1. The van der Waals surface area contributed by atoms with Gasteiger partial charge >= 0.3 is 0 Å². The van der Waals surface area contributed by atoms with E-state index in [4.69, 9.17) is 9.15 Å². The number of hydrogen-bond donors (Lipinski definition) is 2. The quantitative estimate of drug-likeness (QED) is 0.714. The Hall–Kier alpha value is -3.28. The molecule has 0 spiro atoms. The molecule has 0 aliphatic carbocycles. The summed E-state index contributed by atoms with van der Waals surface area (Å²) in [7, 11) is 0. The lowest BCUT2D eigenvalue weighted by molar-refractivity contribution is 0.0919. The average molecular weight is 352 g/mol. The summed E-state index contributed by atoms with van der Waals surface area (Å²) in [6.45, 7) is 4.00. The van der Waals surface area contributed by atoms with Gasteiger partial charge in [-0.15, -0.1) is 0 Å². The number of aromatic nitrogens is 1. The number of hydrogen-bond acceptors (Lipinski definition) is 4. The third kappa shape index (κ3) is 4.03. The summed E-state index contributed by atoms with van der Waals surface area (Å²) in [4.78, 5) is 27.2. The zero-order valence-corrected chi connectivity index (χ0v) is 14.7. The number of rotatable bonds is 6. The molecule has 0 saturated carbocycles. The number of pyridine rings is 1. The van der Waals surface area contributed by atoms with Gasteiger partial charge in [-0.3, -0.25) is 9.59 Å². The van der Waals surface area contributed by atoms with Gasteiger partial charge in [0.25, 0.3) is 11.5 Å². The number of carbonyl (C=O) groups is 1. The fraction of sp³-hybridized carbons (Fsp3) is 0.200. The van der Waals surface area contributed by atoms with Gasteiger partial charge in [0.15, 0.2) is 5.76 Å². The first-order chi connectivity index (χ1) is 12.5. The molecule has 0 fully saturated rings. The van der Waals surface area contributed by atoms with Gasteiger partial charge in [0, 0.05) is 23.4 Å². The summed E-state index contributed by atoms with van der Waals surface area (Å²) in [6, 6.07) is 12.9. The number of H-pyrrole nitrogens is 1. The molecule has 0 radical (unpaired) electrons. The number of para-hydroxylation sites is 1. The molecule has 0 saturated heterocycles. The summed E-state index contributed by atoms with van der Waals surface area (Å²) < 4.78 is 11.0. The Kier molecular flexibility index (Phi) is 5.22. The van der Waals surface area contributed by atoms with Gasteiger partial charge in [-0.1, -0.05) is 18.2 Å². The molecular weight excluding hydrogens is 332 g/mol. The Bertz CT molecular complexity index is 957. The largest absolute Gasteiger partial charge is 0.489 e. The smallest absolute Gasteiger partial charge is 0.287 e. The van der Waals surface area contributed by atoms with E-state index in [2.05, 4.69) is 10.3 Å². The van der Waals surface area contributed by atoms with Crippen molar-refractivity contribution in [2.24, 2.45) is 0 Å². The lowest BCUT2D eigenvalue weighted by Crippen LogP contribution is -2.28. The van der Waals surface area contributed by atoms with E-state index < -0.39 is 0 Å². The van der Waals surface area contributed by atoms with Gasteiger partial charge in [0.1, 0.15) is 12.4 Å². The zero-order chi connectivity index (χ0) is 18.5. The van der Waals surface area contributed by atoms with Crippen molar-refractivity contribution in [3.05, 3.63) is 87.2 Å². The minimum atomic E-state index is -0.388. The van der Waals surface area contributed by atoms with E-state index in [0.717, 1.165) is 11.3 Å². The molecule has 0 aliphatic heterocycles. The minimum absolute atomic E-state index is 0.125. The molecule has 0 aliphatic rings. The number of furan rings is 1. The van der Waals surface area contributed by atoms with E-state index in [1.165, 1.54) is 6.26 Å². The van der Waals surface area contributed by atoms with E-state index in [9.17, 15) is 9.59 Å². The van der Waals surface area contributed by atoms with Gasteiger partial charge in [0.05, 0.1) is 6.26 Å². The van der Waals surface area contributed by atoms with Crippen LogP contribution in [0.1, 0.15) is 32.9 Å². The zero-order valence-electron chi connectivity index (χ0n) is 14.7. The SMILES string of the molecule is Cc1cc(C)c(CNC(=O)c2occc2COc2ccccc2)c(=O)[nH]1. The normalized spacial score (nSPS) is 10.5. The topological polar surface area (TPSA) is 84.3 Å². The van der Waals surface area contributed by atoms with E-state index in [0.29, 0.717) is 16.9 Å². The van der Waals surface area contributed by atoms with Crippen LogP contribution in [0.4, 0.5) is 0 Å². The number of aromatic amines is 1. The molecule has 134 valence electrons. The van der Waals surface area contributed by atoms with Crippen LogP contribution in [0.2, 0.25) is 0 Å². The van der Waals surface area contributed by atoms with E-state index >= 15 is 0 Å². The first kappa shape index (κ1) is 17.5. The van der Waals surface area contributed by atoms with Crippen molar-refractivity contribution in [3.63, 3.8) is 0 Å². The van der Waals surface area contributed by atoms with Gasteiger partial charge in [-0.25, -0.2) is 0 Å². The summed E-state index contributed by atoms with van der Waals surface area (Å²) in [5.41, 5.74) is 2.58. The van der Waals surface area contributed by atoms with Gasteiger partial charge in [-0.05, 0) is 43.7 Å². The average Bonchev–Trinajstić information content (AvgIpc) is 3.08. The highest BCUT2D eigenvalue weighted by Crippen LogP contribution is 2.16. The summed E-state index contributed by atoms with van der Waals surface area (Å²) in [6.07, 6.45) is 1.45. The Labute approximate surface area is 150 Å². The monoisotopic (exact) mass is 352 g/mol. The highest BCUT2D eigenvalue weighted by molar-refractivity contribution is 5.92. The van der Waals surface area contributed by atoms with Crippen molar-refractivity contribution in [1.82, 2.24) is 10.3 Å². The van der Waals surface area contributed by atoms with Crippen LogP contribution in [0.3, 0.4) is 0 Å². The molecule has 2 heterocycles. The Morgan fingerprint density at radius 2 is 1.96 bits per heavy atom. The molecule has 26 heavy (non-hydrogen) atoms. The standard InChI is InChI=1S/C20H20N2O4/c1-13-10-14(2)22-19(23)17(13)11-21-20(24)18-15(8-9-25-18)12-26-16-6-4-3-5-7-16/h3-10H,11-12H2,1-2H3,(H,21,24)(H,22,23). The number of benzene rings is 1. The van der Waals surface area contributed by atoms with Crippen molar-refractivity contribution in [1.29, 1.82) is 0 Å². The Morgan fingerprint density at radius 1 is 1.19 bits per heavy atom. The molecule has 0 atom stereocenters. The lowest BCUT2D eigenvalue weighted by Gasteiger charge is -2.09.